The van der Waals surface area contributed by atoms with Crippen molar-refractivity contribution >= 4 is 18.0 Å². The Balaban J connectivity index is 2.53. The highest BCUT2D eigenvalue weighted by Crippen LogP contribution is 2.05. The summed E-state index contributed by atoms with van der Waals surface area (Å²) in [5.74, 6) is -2.60. The number of hydrogen-bond acceptors (Lipinski definition) is 4. The minimum absolute atomic E-state index is 0.125. The Labute approximate surface area is 110 Å². The lowest BCUT2D eigenvalue weighted by atomic mass is 10.1. The third-order valence-corrected chi connectivity index (χ3v) is 2.50. The molecule has 2 unspecified atom stereocenters. The summed E-state index contributed by atoms with van der Waals surface area (Å²) in [6.07, 6.45) is -2.46. The van der Waals surface area contributed by atoms with Crippen LogP contribution in [0.3, 0.4) is 0 Å². The van der Waals surface area contributed by atoms with Gasteiger partial charge >= 0.3 is 5.97 Å². The number of carbonyl (C=O) groups excluding carboxylic acids is 1. The normalized spacial score (nSPS) is 13.4. The van der Waals surface area contributed by atoms with Gasteiger partial charge in [-0.15, -0.1) is 0 Å². The monoisotopic (exact) mass is 265 g/mol. The zero-order valence-corrected chi connectivity index (χ0v) is 10.1. The molecular weight excluding hydrogens is 250 g/mol. The van der Waals surface area contributed by atoms with Crippen LogP contribution in [0.25, 0.3) is 6.08 Å². The van der Waals surface area contributed by atoms with Crippen molar-refractivity contribution in [2.24, 2.45) is 0 Å². The summed E-state index contributed by atoms with van der Waals surface area (Å²) in [7, 11) is 0. The zero-order chi connectivity index (χ0) is 14.4. The van der Waals surface area contributed by atoms with Gasteiger partial charge in [-0.2, -0.15) is 0 Å². The van der Waals surface area contributed by atoms with Crippen molar-refractivity contribution in [2.75, 3.05) is 0 Å². The molecule has 0 saturated heterocycles. The standard InChI is InChI=1S/C13H15NO5/c1-2-8-3-5-9(6-4-8)7-14-12(17)10(15)11(16)13(18)19/h2-6,10-11,15-16H,1,7H2,(H,14,17)(H,18,19). The lowest BCUT2D eigenvalue weighted by Crippen LogP contribution is -2.45. The van der Waals surface area contributed by atoms with Crippen molar-refractivity contribution in [3.8, 4) is 0 Å². The van der Waals surface area contributed by atoms with Crippen LogP contribution in [0.15, 0.2) is 30.8 Å². The number of benzene rings is 1. The molecule has 0 spiro atoms. The summed E-state index contributed by atoms with van der Waals surface area (Å²) in [6, 6.07) is 7.13. The van der Waals surface area contributed by atoms with Gasteiger partial charge in [-0.3, -0.25) is 4.79 Å². The fraction of sp³-hybridized carbons (Fsp3) is 0.231. The third kappa shape index (κ3) is 4.20. The van der Waals surface area contributed by atoms with Crippen molar-refractivity contribution in [3.63, 3.8) is 0 Å². The smallest absolute Gasteiger partial charge is 0.335 e. The second kappa shape index (κ2) is 6.67. The van der Waals surface area contributed by atoms with Gasteiger partial charge in [0.25, 0.3) is 5.91 Å². The lowest BCUT2D eigenvalue weighted by molar-refractivity contribution is -0.158. The first-order chi connectivity index (χ1) is 8.95. The third-order valence-electron chi connectivity index (χ3n) is 2.50. The molecule has 1 amide bonds. The van der Waals surface area contributed by atoms with E-state index in [0.717, 1.165) is 11.1 Å². The largest absolute Gasteiger partial charge is 0.479 e. The van der Waals surface area contributed by atoms with Crippen molar-refractivity contribution < 1.29 is 24.9 Å². The number of amides is 1. The van der Waals surface area contributed by atoms with E-state index in [1.165, 1.54) is 0 Å². The van der Waals surface area contributed by atoms with Crippen LogP contribution in [0.1, 0.15) is 11.1 Å². The predicted molar refractivity (Wildman–Crippen MR) is 68.0 cm³/mol. The Morgan fingerprint density at radius 1 is 1.21 bits per heavy atom. The van der Waals surface area contributed by atoms with E-state index in [1.54, 1.807) is 30.3 Å². The number of hydrogen-bond donors (Lipinski definition) is 4. The summed E-state index contributed by atoms with van der Waals surface area (Å²) in [4.78, 5) is 21.8. The molecule has 0 aromatic heterocycles. The molecule has 0 aliphatic heterocycles. The molecular formula is C13H15NO5. The van der Waals surface area contributed by atoms with Gasteiger partial charge in [0.2, 0.25) is 0 Å². The van der Waals surface area contributed by atoms with Gasteiger partial charge in [-0.1, -0.05) is 36.9 Å². The number of nitrogens with one attached hydrogen (secondary N) is 1. The second-order valence-corrected chi connectivity index (χ2v) is 3.89. The summed E-state index contributed by atoms with van der Waals surface area (Å²) in [6.45, 7) is 3.73. The van der Waals surface area contributed by atoms with E-state index in [-0.39, 0.29) is 6.54 Å². The van der Waals surface area contributed by atoms with Gasteiger partial charge in [0.05, 0.1) is 0 Å². The molecule has 1 aromatic rings. The van der Waals surface area contributed by atoms with E-state index >= 15 is 0 Å². The van der Waals surface area contributed by atoms with E-state index in [0.29, 0.717) is 0 Å². The predicted octanol–water partition coefficient (Wildman–Crippen LogP) is -0.248. The first-order valence-electron chi connectivity index (χ1n) is 5.53. The number of aliphatic carboxylic acids is 1. The number of aliphatic hydroxyl groups is 2. The van der Waals surface area contributed by atoms with Crippen LogP contribution >= 0.6 is 0 Å². The Hall–Kier alpha value is -2.18. The molecule has 0 fully saturated rings. The van der Waals surface area contributed by atoms with Crippen LogP contribution in [-0.4, -0.2) is 39.4 Å². The maximum Gasteiger partial charge on any atom is 0.335 e. The Bertz CT molecular complexity index is 468. The lowest BCUT2D eigenvalue weighted by Gasteiger charge is -2.14. The molecule has 4 N–H and O–H groups in total. The maximum absolute atomic E-state index is 11.4. The Morgan fingerprint density at radius 3 is 2.26 bits per heavy atom. The van der Waals surface area contributed by atoms with Crippen LogP contribution in [-0.2, 0) is 16.1 Å². The van der Waals surface area contributed by atoms with Gasteiger partial charge in [-0.25, -0.2) is 4.79 Å². The van der Waals surface area contributed by atoms with E-state index in [1.807, 2.05) is 0 Å². The Kier molecular flexibility index (Phi) is 5.23. The topological polar surface area (TPSA) is 107 Å². The number of carboxylic acid groups (broad SMARTS) is 1. The molecule has 0 radical (unpaired) electrons. The molecule has 0 saturated carbocycles. The summed E-state index contributed by atoms with van der Waals surface area (Å²) in [5.41, 5.74) is 1.70. The van der Waals surface area contributed by atoms with Crippen molar-refractivity contribution in [2.45, 2.75) is 18.8 Å². The minimum Gasteiger partial charge on any atom is -0.479 e. The fourth-order valence-corrected chi connectivity index (χ4v) is 1.34. The number of rotatable bonds is 6. The molecule has 2 atom stereocenters. The van der Waals surface area contributed by atoms with E-state index in [9.17, 15) is 14.7 Å². The van der Waals surface area contributed by atoms with Gasteiger partial charge in [0, 0.05) is 6.54 Å². The number of aliphatic hydroxyl groups excluding tert-OH is 2. The summed E-state index contributed by atoms with van der Waals surface area (Å²) < 4.78 is 0. The molecule has 0 heterocycles. The highest BCUT2D eigenvalue weighted by atomic mass is 16.4. The summed E-state index contributed by atoms with van der Waals surface area (Å²) in [5, 5.41) is 29.0. The molecule has 102 valence electrons. The second-order valence-electron chi connectivity index (χ2n) is 3.89. The first kappa shape index (κ1) is 14.9. The molecule has 6 heteroatoms. The van der Waals surface area contributed by atoms with Crippen molar-refractivity contribution in [3.05, 3.63) is 42.0 Å². The highest BCUT2D eigenvalue weighted by Gasteiger charge is 2.29. The van der Waals surface area contributed by atoms with E-state index in [4.69, 9.17) is 10.2 Å². The minimum atomic E-state index is -2.14. The quantitative estimate of drug-likeness (QED) is 0.567. The molecule has 0 bridgehead atoms. The van der Waals surface area contributed by atoms with E-state index < -0.39 is 24.1 Å². The average molecular weight is 265 g/mol. The highest BCUT2D eigenvalue weighted by molar-refractivity contribution is 5.87. The first-order valence-corrected chi connectivity index (χ1v) is 5.53. The van der Waals surface area contributed by atoms with Crippen LogP contribution in [0.2, 0.25) is 0 Å². The van der Waals surface area contributed by atoms with Crippen molar-refractivity contribution in [1.82, 2.24) is 5.32 Å². The molecule has 1 aromatic carbocycles. The molecule has 6 nitrogen and oxygen atoms in total. The van der Waals surface area contributed by atoms with Crippen LogP contribution in [0.4, 0.5) is 0 Å². The number of carboxylic acids is 1. The van der Waals surface area contributed by atoms with E-state index in [2.05, 4.69) is 11.9 Å². The zero-order valence-electron chi connectivity index (χ0n) is 10.1. The molecule has 1 rings (SSSR count). The Morgan fingerprint density at radius 2 is 1.79 bits per heavy atom. The van der Waals surface area contributed by atoms with Crippen molar-refractivity contribution in [1.29, 1.82) is 0 Å². The van der Waals surface area contributed by atoms with Gasteiger partial charge in [-0.05, 0) is 11.1 Å². The van der Waals surface area contributed by atoms with Gasteiger partial charge in [0.1, 0.15) is 0 Å². The van der Waals surface area contributed by atoms with Gasteiger partial charge < -0.3 is 20.6 Å². The molecule has 19 heavy (non-hydrogen) atoms. The maximum atomic E-state index is 11.4. The van der Waals surface area contributed by atoms with Crippen LogP contribution < -0.4 is 5.32 Å². The van der Waals surface area contributed by atoms with Crippen LogP contribution in [0, 0.1) is 0 Å². The molecule has 0 aliphatic carbocycles. The average Bonchev–Trinajstić information content (AvgIpc) is 2.43. The summed E-state index contributed by atoms with van der Waals surface area (Å²) >= 11 is 0. The van der Waals surface area contributed by atoms with Gasteiger partial charge in [0.15, 0.2) is 12.2 Å². The number of carbonyl (C=O) groups is 2. The SMILES string of the molecule is C=Cc1ccc(CNC(=O)C(O)C(O)C(=O)O)cc1. The fourth-order valence-electron chi connectivity index (χ4n) is 1.34. The molecule has 0 aliphatic rings. The van der Waals surface area contributed by atoms with Crippen LogP contribution in [0.5, 0.6) is 0 Å².